The first-order valence-corrected chi connectivity index (χ1v) is 4.40. The Balaban J connectivity index is 3.40. The third-order valence-corrected chi connectivity index (χ3v) is 2.55. The molecule has 1 rings (SSSR count). The van der Waals surface area contributed by atoms with E-state index in [1.807, 2.05) is 0 Å². The minimum atomic E-state index is -0.761. The molecule has 0 saturated heterocycles. The lowest BCUT2D eigenvalue weighted by atomic mass is 10.3. The molecule has 0 amide bonds. The minimum absolute atomic E-state index is 0.0621. The first-order chi connectivity index (χ1) is 5.57. The Labute approximate surface area is 86.8 Å². The van der Waals surface area contributed by atoms with E-state index >= 15 is 0 Å². The molecule has 0 N–H and O–H groups in total. The Morgan fingerprint density at radius 2 is 2.08 bits per heavy atom. The molecule has 0 fully saturated rings. The quantitative estimate of drug-likeness (QED) is 0.440. The van der Waals surface area contributed by atoms with E-state index in [0.29, 0.717) is 0 Å². The standard InChI is InChI=1S/C7H4ClF2IO/c1-12-7-3(8)2-4(9)6(11)5(7)10/h2H,1H3. The Morgan fingerprint density at radius 1 is 1.50 bits per heavy atom. The van der Waals surface area contributed by atoms with Crippen LogP contribution in [0.25, 0.3) is 0 Å². The highest BCUT2D eigenvalue weighted by Gasteiger charge is 2.15. The van der Waals surface area contributed by atoms with Crippen LogP contribution >= 0.6 is 34.2 Å². The molecule has 1 nitrogen and oxygen atoms in total. The molecule has 0 aliphatic rings. The van der Waals surface area contributed by atoms with Crippen LogP contribution in [0.3, 0.4) is 0 Å². The van der Waals surface area contributed by atoms with Gasteiger partial charge in [-0.15, -0.1) is 0 Å². The van der Waals surface area contributed by atoms with Gasteiger partial charge in [-0.3, -0.25) is 0 Å². The second-order valence-electron chi connectivity index (χ2n) is 2.00. The zero-order valence-electron chi connectivity index (χ0n) is 6.00. The van der Waals surface area contributed by atoms with Crippen LogP contribution < -0.4 is 4.74 Å². The summed E-state index contributed by atoms with van der Waals surface area (Å²) < 4.78 is 30.4. The van der Waals surface area contributed by atoms with Crippen molar-refractivity contribution >= 4 is 34.2 Å². The minimum Gasteiger partial charge on any atom is -0.492 e. The third-order valence-electron chi connectivity index (χ3n) is 1.28. The number of halogens is 4. The molecule has 1 aromatic carbocycles. The lowest BCUT2D eigenvalue weighted by Crippen LogP contribution is -1.95. The molecule has 5 heteroatoms. The highest BCUT2D eigenvalue weighted by molar-refractivity contribution is 14.1. The van der Waals surface area contributed by atoms with Crippen LogP contribution in [0.5, 0.6) is 5.75 Å². The molecular formula is C7H4ClF2IO. The fourth-order valence-corrected chi connectivity index (χ4v) is 1.39. The summed E-state index contributed by atoms with van der Waals surface area (Å²) in [5.41, 5.74) is 0. The highest BCUT2D eigenvalue weighted by Crippen LogP contribution is 2.32. The summed E-state index contributed by atoms with van der Waals surface area (Å²) in [6, 6.07) is 1.02. The van der Waals surface area contributed by atoms with Gasteiger partial charge in [0.25, 0.3) is 0 Å². The maximum Gasteiger partial charge on any atom is 0.182 e. The molecule has 0 atom stereocenters. The zero-order valence-corrected chi connectivity index (χ0v) is 8.91. The normalized spacial score (nSPS) is 10.1. The fourth-order valence-electron chi connectivity index (χ4n) is 0.737. The van der Waals surface area contributed by atoms with E-state index in [0.717, 1.165) is 6.07 Å². The molecule has 12 heavy (non-hydrogen) atoms. The van der Waals surface area contributed by atoms with Crippen LogP contribution in [-0.2, 0) is 0 Å². The van der Waals surface area contributed by atoms with Crippen LogP contribution in [0.2, 0.25) is 5.02 Å². The summed E-state index contributed by atoms with van der Waals surface area (Å²) in [5, 5.41) is -0.0621. The molecule has 0 spiro atoms. The topological polar surface area (TPSA) is 9.23 Å². The average Bonchev–Trinajstić information content (AvgIpc) is 2.01. The molecular weight excluding hydrogens is 300 g/mol. The predicted octanol–water partition coefficient (Wildman–Crippen LogP) is 3.23. The van der Waals surface area contributed by atoms with Crippen LogP contribution in [0.1, 0.15) is 0 Å². The number of benzene rings is 1. The van der Waals surface area contributed by atoms with Crippen LogP contribution in [0.15, 0.2) is 6.07 Å². The Hall–Kier alpha value is -0.100. The van der Waals surface area contributed by atoms with Crippen LogP contribution in [0.4, 0.5) is 8.78 Å². The molecule has 1 aromatic rings. The van der Waals surface area contributed by atoms with E-state index in [4.69, 9.17) is 11.6 Å². The molecule has 0 aliphatic heterocycles. The van der Waals surface area contributed by atoms with Gasteiger partial charge in [0.15, 0.2) is 11.6 Å². The van der Waals surface area contributed by atoms with Crippen LogP contribution in [0, 0.1) is 15.2 Å². The zero-order chi connectivity index (χ0) is 9.30. The van der Waals surface area contributed by atoms with Gasteiger partial charge < -0.3 is 4.74 Å². The maximum absolute atomic E-state index is 13.1. The number of methoxy groups -OCH3 is 1. The number of hydrogen-bond acceptors (Lipinski definition) is 1. The summed E-state index contributed by atoms with van der Waals surface area (Å²) in [4.78, 5) is 0. The van der Waals surface area contributed by atoms with Gasteiger partial charge in [-0.25, -0.2) is 8.78 Å². The Kier molecular flexibility index (Phi) is 3.11. The Morgan fingerprint density at radius 3 is 2.58 bits per heavy atom. The largest absolute Gasteiger partial charge is 0.492 e. The van der Waals surface area contributed by atoms with E-state index in [2.05, 4.69) is 4.74 Å². The lowest BCUT2D eigenvalue weighted by molar-refractivity contribution is 0.382. The van der Waals surface area contributed by atoms with Gasteiger partial charge in [-0.2, -0.15) is 0 Å². The molecule has 0 unspecified atom stereocenters. The van der Waals surface area contributed by atoms with Crippen molar-refractivity contribution in [3.8, 4) is 5.75 Å². The smallest absolute Gasteiger partial charge is 0.182 e. The molecule has 0 radical (unpaired) electrons. The van der Waals surface area contributed by atoms with E-state index in [9.17, 15) is 8.78 Å². The van der Waals surface area contributed by atoms with Crippen molar-refractivity contribution in [3.63, 3.8) is 0 Å². The van der Waals surface area contributed by atoms with Gasteiger partial charge in [0.05, 0.1) is 15.7 Å². The molecule has 0 heterocycles. The highest BCUT2D eigenvalue weighted by atomic mass is 127. The monoisotopic (exact) mass is 304 g/mol. The average molecular weight is 304 g/mol. The molecule has 66 valence electrons. The van der Waals surface area contributed by atoms with Gasteiger partial charge in [0.2, 0.25) is 0 Å². The van der Waals surface area contributed by atoms with Crippen molar-refractivity contribution in [1.82, 2.24) is 0 Å². The van der Waals surface area contributed by atoms with Gasteiger partial charge in [-0.05, 0) is 28.7 Å². The summed E-state index contributed by atoms with van der Waals surface area (Å²) in [6.45, 7) is 0. The molecule has 0 aromatic heterocycles. The summed E-state index contributed by atoms with van der Waals surface area (Å²) in [6.07, 6.45) is 0. The second kappa shape index (κ2) is 3.74. The van der Waals surface area contributed by atoms with E-state index in [1.54, 1.807) is 22.6 Å². The number of rotatable bonds is 1. The maximum atomic E-state index is 13.1. The van der Waals surface area contributed by atoms with Crippen molar-refractivity contribution in [2.45, 2.75) is 0 Å². The number of hydrogen-bond donors (Lipinski definition) is 0. The summed E-state index contributed by atoms with van der Waals surface area (Å²) in [5.74, 6) is -1.57. The molecule has 0 aliphatic carbocycles. The molecule has 0 saturated carbocycles. The van der Waals surface area contributed by atoms with Crippen molar-refractivity contribution in [1.29, 1.82) is 0 Å². The summed E-state index contributed by atoms with van der Waals surface area (Å²) in [7, 11) is 1.28. The second-order valence-corrected chi connectivity index (χ2v) is 3.49. The van der Waals surface area contributed by atoms with Crippen molar-refractivity contribution in [3.05, 3.63) is 26.3 Å². The molecule has 0 bridgehead atoms. The number of ether oxygens (including phenoxy) is 1. The SMILES string of the molecule is COc1c(Cl)cc(F)c(I)c1F. The van der Waals surface area contributed by atoms with Gasteiger partial charge in [0, 0.05) is 0 Å². The first kappa shape index (κ1) is 9.98. The van der Waals surface area contributed by atoms with Crippen molar-refractivity contribution in [2.75, 3.05) is 7.11 Å². The van der Waals surface area contributed by atoms with Crippen molar-refractivity contribution in [2.24, 2.45) is 0 Å². The van der Waals surface area contributed by atoms with E-state index in [-0.39, 0.29) is 14.3 Å². The van der Waals surface area contributed by atoms with Gasteiger partial charge >= 0.3 is 0 Å². The summed E-state index contributed by atoms with van der Waals surface area (Å²) >= 11 is 7.04. The van der Waals surface area contributed by atoms with Crippen LogP contribution in [-0.4, -0.2) is 7.11 Å². The first-order valence-electron chi connectivity index (χ1n) is 2.95. The van der Waals surface area contributed by atoms with Gasteiger partial charge in [0.1, 0.15) is 5.82 Å². The van der Waals surface area contributed by atoms with Gasteiger partial charge in [-0.1, -0.05) is 11.6 Å². The van der Waals surface area contributed by atoms with E-state index in [1.165, 1.54) is 7.11 Å². The van der Waals surface area contributed by atoms with E-state index < -0.39 is 11.6 Å². The third kappa shape index (κ3) is 1.64. The predicted molar refractivity (Wildman–Crippen MR) is 50.6 cm³/mol. The Bertz CT molecular complexity index is 317. The fraction of sp³-hybridized carbons (Fsp3) is 0.143. The van der Waals surface area contributed by atoms with Crippen molar-refractivity contribution < 1.29 is 13.5 Å². The lowest BCUT2D eigenvalue weighted by Gasteiger charge is -2.05.